The van der Waals surface area contributed by atoms with E-state index in [1.165, 1.54) is 11.8 Å². The van der Waals surface area contributed by atoms with Gasteiger partial charge in [-0.1, -0.05) is 72.4 Å². The predicted molar refractivity (Wildman–Crippen MR) is 135 cm³/mol. The van der Waals surface area contributed by atoms with Gasteiger partial charge in [-0.3, -0.25) is 4.79 Å². The standard InChI is InChI=1S/C26H25N5O2S/c1-16-8-7-9-17(2)21(16)27-25(32)23-22(18-12-14-20(33-3)15-13-18)30-31-24(28-29-26(31)34-23)19-10-5-4-6-11-19/h4-15,22-23,30H,1-3H3,(H,27,32). The first kappa shape index (κ1) is 22.0. The Morgan fingerprint density at radius 2 is 1.68 bits per heavy atom. The number of hydrogen-bond donors (Lipinski definition) is 2. The minimum absolute atomic E-state index is 0.0915. The number of carbonyl (C=O) groups is 1. The fourth-order valence-electron chi connectivity index (χ4n) is 4.10. The molecule has 0 saturated heterocycles. The molecule has 2 unspecified atom stereocenters. The normalized spacial score (nSPS) is 16.9. The Hall–Kier alpha value is -3.78. The molecule has 2 atom stereocenters. The molecule has 5 rings (SSSR count). The molecule has 3 aromatic carbocycles. The number of rotatable bonds is 5. The van der Waals surface area contributed by atoms with Gasteiger partial charge in [0.25, 0.3) is 0 Å². The lowest BCUT2D eigenvalue weighted by Crippen LogP contribution is -2.41. The number of methoxy groups -OCH3 is 1. The summed E-state index contributed by atoms with van der Waals surface area (Å²) >= 11 is 1.41. The largest absolute Gasteiger partial charge is 0.497 e. The van der Waals surface area contributed by atoms with E-state index in [1.807, 2.05) is 91.3 Å². The Morgan fingerprint density at radius 1 is 0.971 bits per heavy atom. The highest BCUT2D eigenvalue weighted by molar-refractivity contribution is 8.00. The van der Waals surface area contributed by atoms with Crippen molar-refractivity contribution in [2.45, 2.75) is 30.3 Å². The molecule has 1 aliphatic heterocycles. The molecule has 0 fully saturated rings. The van der Waals surface area contributed by atoms with Gasteiger partial charge in [0.05, 0.1) is 13.2 Å². The van der Waals surface area contributed by atoms with Crippen LogP contribution in [-0.4, -0.2) is 33.1 Å². The minimum atomic E-state index is -0.465. The zero-order valence-electron chi connectivity index (χ0n) is 19.1. The summed E-state index contributed by atoms with van der Waals surface area (Å²) in [6.07, 6.45) is 0. The van der Waals surface area contributed by atoms with Crippen LogP contribution in [0, 0.1) is 13.8 Å². The van der Waals surface area contributed by atoms with E-state index in [0.29, 0.717) is 11.0 Å². The molecule has 7 nitrogen and oxygen atoms in total. The van der Waals surface area contributed by atoms with Crippen LogP contribution in [0.15, 0.2) is 78.0 Å². The van der Waals surface area contributed by atoms with E-state index in [-0.39, 0.29) is 11.9 Å². The minimum Gasteiger partial charge on any atom is -0.497 e. The topological polar surface area (TPSA) is 81.1 Å². The molecule has 2 heterocycles. The highest BCUT2D eigenvalue weighted by atomic mass is 32.2. The van der Waals surface area contributed by atoms with E-state index in [1.54, 1.807) is 7.11 Å². The third-order valence-electron chi connectivity index (χ3n) is 5.93. The molecule has 172 valence electrons. The number of ether oxygens (including phenoxy) is 1. The Bertz CT molecular complexity index is 1300. The van der Waals surface area contributed by atoms with Crippen LogP contribution in [0.5, 0.6) is 5.75 Å². The van der Waals surface area contributed by atoms with Gasteiger partial charge in [-0.25, -0.2) is 4.68 Å². The molecule has 4 aromatic rings. The van der Waals surface area contributed by atoms with Crippen LogP contribution in [0.2, 0.25) is 0 Å². The van der Waals surface area contributed by atoms with Crippen molar-refractivity contribution in [3.63, 3.8) is 0 Å². The molecule has 2 N–H and O–H groups in total. The van der Waals surface area contributed by atoms with Gasteiger partial charge < -0.3 is 15.5 Å². The van der Waals surface area contributed by atoms with Crippen LogP contribution in [-0.2, 0) is 4.79 Å². The Morgan fingerprint density at radius 3 is 2.35 bits per heavy atom. The third-order valence-corrected chi connectivity index (χ3v) is 7.15. The SMILES string of the molecule is COc1ccc(C2Nn3c(nnc3-c3ccccc3)SC2C(=O)Nc2c(C)cccc2C)cc1. The van der Waals surface area contributed by atoms with E-state index < -0.39 is 5.25 Å². The van der Waals surface area contributed by atoms with Crippen LogP contribution >= 0.6 is 11.8 Å². The van der Waals surface area contributed by atoms with E-state index >= 15 is 0 Å². The fourth-order valence-corrected chi connectivity index (χ4v) is 5.18. The molecule has 1 amide bonds. The Balaban J connectivity index is 1.53. The number of nitrogens with one attached hydrogen (secondary N) is 2. The quantitative estimate of drug-likeness (QED) is 0.428. The number of thioether (sulfide) groups is 1. The van der Waals surface area contributed by atoms with Crippen molar-refractivity contribution in [3.05, 3.63) is 89.5 Å². The van der Waals surface area contributed by atoms with Gasteiger partial charge in [-0.2, -0.15) is 0 Å². The summed E-state index contributed by atoms with van der Waals surface area (Å²) in [5, 5.41) is 12.1. The number of nitrogens with zero attached hydrogens (tertiary/aromatic N) is 3. The Kier molecular flexibility index (Phi) is 5.98. The number of aromatic nitrogens is 3. The second kappa shape index (κ2) is 9.23. The third kappa shape index (κ3) is 4.12. The highest BCUT2D eigenvalue weighted by Crippen LogP contribution is 2.39. The van der Waals surface area contributed by atoms with Gasteiger partial charge in [0, 0.05) is 11.3 Å². The lowest BCUT2D eigenvalue weighted by Gasteiger charge is -2.33. The van der Waals surface area contributed by atoms with E-state index in [9.17, 15) is 4.79 Å². The number of carbonyl (C=O) groups excluding carboxylic acids is 1. The summed E-state index contributed by atoms with van der Waals surface area (Å²) in [6.45, 7) is 4.00. The molecule has 8 heteroatoms. The van der Waals surface area contributed by atoms with Crippen LogP contribution in [0.1, 0.15) is 22.7 Å². The van der Waals surface area contributed by atoms with Crippen molar-refractivity contribution < 1.29 is 9.53 Å². The summed E-state index contributed by atoms with van der Waals surface area (Å²) in [4.78, 5) is 13.6. The van der Waals surface area contributed by atoms with E-state index in [4.69, 9.17) is 4.74 Å². The van der Waals surface area contributed by atoms with Crippen LogP contribution < -0.4 is 15.5 Å². The molecule has 0 aliphatic carbocycles. The molecular formula is C26H25N5O2S. The molecular weight excluding hydrogens is 446 g/mol. The van der Waals surface area contributed by atoms with Gasteiger partial charge in [-0.05, 0) is 42.7 Å². The Labute approximate surface area is 202 Å². The van der Waals surface area contributed by atoms with Gasteiger partial charge in [-0.15, -0.1) is 10.2 Å². The zero-order chi connectivity index (χ0) is 23.7. The van der Waals surface area contributed by atoms with Gasteiger partial charge in [0.1, 0.15) is 11.0 Å². The average molecular weight is 472 g/mol. The van der Waals surface area contributed by atoms with Crippen molar-refractivity contribution in [2.24, 2.45) is 0 Å². The average Bonchev–Trinajstić information content (AvgIpc) is 3.29. The maximum absolute atomic E-state index is 13.6. The van der Waals surface area contributed by atoms with Crippen LogP contribution in [0.25, 0.3) is 11.4 Å². The van der Waals surface area contributed by atoms with Gasteiger partial charge in [0.2, 0.25) is 11.1 Å². The number of hydrogen-bond acceptors (Lipinski definition) is 6. The maximum atomic E-state index is 13.6. The number of fused-ring (bicyclic) bond motifs is 1. The molecule has 34 heavy (non-hydrogen) atoms. The van der Waals surface area contributed by atoms with Crippen LogP contribution in [0.4, 0.5) is 5.69 Å². The second-order valence-corrected chi connectivity index (χ2v) is 9.29. The molecule has 0 spiro atoms. The monoisotopic (exact) mass is 471 g/mol. The first-order valence-corrected chi connectivity index (χ1v) is 11.9. The van der Waals surface area contributed by atoms with Gasteiger partial charge in [0.15, 0.2) is 5.82 Å². The van der Waals surface area contributed by atoms with Crippen molar-refractivity contribution in [1.29, 1.82) is 0 Å². The summed E-state index contributed by atoms with van der Waals surface area (Å²) in [6, 6.07) is 23.3. The highest BCUT2D eigenvalue weighted by Gasteiger charge is 2.38. The number of benzene rings is 3. The molecule has 1 aliphatic rings. The molecule has 0 saturated carbocycles. The lowest BCUT2D eigenvalue weighted by atomic mass is 10.0. The van der Waals surface area contributed by atoms with E-state index in [2.05, 4.69) is 20.9 Å². The fraction of sp³-hybridized carbons (Fsp3) is 0.192. The summed E-state index contributed by atoms with van der Waals surface area (Å²) in [5.74, 6) is 1.38. The maximum Gasteiger partial charge on any atom is 0.240 e. The predicted octanol–water partition coefficient (Wildman–Crippen LogP) is 4.97. The van der Waals surface area contributed by atoms with Crippen molar-refractivity contribution in [1.82, 2.24) is 14.9 Å². The van der Waals surface area contributed by atoms with Crippen molar-refractivity contribution in [2.75, 3.05) is 17.9 Å². The second-order valence-electron chi connectivity index (χ2n) is 8.18. The number of amides is 1. The first-order valence-electron chi connectivity index (χ1n) is 11.0. The van der Waals surface area contributed by atoms with Crippen LogP contribution in [0.3, 0.4) is 0 Å². The number of aryl methyl sites for hydroxylation is 2. The van der Waals surface area contributed by atoms with Crippen molar-refractivity contribution >= 4 is 23.4 Å². The lowest BCUT2D eigenvalue weighted by molar-refractivity contribution is -0.116. The molecule has 0 bridgehead atoms. The number of anilines is 1. The smallest absolute Gasteiger partial charge is 0.240 e. The van der Waals surface area contributed by atoms with Crippen molar-refractivity contribution in [3.8, 4) is 17.1 Å². The molecule has 1 aromatic heterocycles. The van der Waals surface area contributed by atoms with Gasteiger partial charge >= 0.3 is 0 Å². The summed E-state index contributed by atoms with van der Waals surface area (Å²) in [7, 11) is 1.64. The molecule has 0 radical (unpaired) electrons. The van der Waals surface area contributed by atoms with E-state index in [0.717, 1.165) is 33.7 Å². The summed E-state index contributed by atoms with van der Waals surface area (Å²) in [5.41, 5.74) is 8.32. The summed E-state index contributed by atoms with van der Waals surface area (Å²) < 4.78 is 7.20. The first-order chi connectivity index (χ1) is 16.5. The zero-order valence-corrected chi connectivity index (χ0v) is 20.0. The number of para-hydroxylation sites is 1.